The van der Waals surface area contributed by atoms with Crippen LogP contribution in [0, 0.1) is 6.92 Å². The van der Waals surface area contributed by atoms with Crippen LogP contribution >= 0.6 is 0 Å². The molecule has 0 spiro atoms. The highest BCUT2D eigenvalue weighted by atomic mass is 16.5. The van der Waals surface area contributed by atoms with Crippen LogP contribution in [0.15, 0.2) is 47.2 Å². The fraction of sp³-hybridized carbons (Fsp3) is 0.294. The number of carbonyl (C=O) groups excluding carboxylic acids is 1. The molecule has 3 aromatic rings. The molecule has 2 atom stereocenters. The standard InChI is InChI=1S/C17H20N6O2/c1-11(16-20-12(2)22-25-16)19-17(24)21-14(13-7-5-4-6-8-13)15-18-9-10-23(15)3/h4-11,14H,1-3H3,(H2,19,21,24)/t11-,14-/m0/s1. The Hall–Kier alpha value is -3.16. The van der Waals surface area contributed by atoms with Gasteiger partial charge in [-0.1, -0.05) is 35.5 Å². The van der Waals surface area contributed by atoms with Gasteiger partial charge in [0, 0.05) is 19.4 Å². The highest BCUT2D eigenvalue weighted by Gasteiger charge is 2.22. The smallest absolute Gasteiger partial charge is 0.316 e. The zero-order chi connectivity index (χ0) is 17.8. The number of aryl methyl sites for hydroxylation is 2. The molecule has 0 saturated carbocycles. The Morgan fingerprint density at radius 1 is 1.24 bits per heavy atom. The van der Waals surface area contributed by atoms with Crippen molar-refractivity contribution in [1.29, 1.82) is 0 Å². The molecule has 0 radical (unpaired) electrons. The van der Waals surface area contributed by atoms with Crippen molar-refractivity contribution in [2.24, 2.45) is 7.05 Å². The maximum absolute atomic E-state index is 12.5. The lowest BCUT2D eigenvalue weighted by Crippen LogP contribution is -2.40. The van der Waals surface area contributed by atoms with E-state index in [1.54, 1.807) is 20.0 Å². The molecule has 0 aliphatic carbocycles. The number of hydrogen-bond donors (Lipinski definition) is 2. The van der Waals surface area contributed by atoms with E-state index >= 15 is 0 Å². The van der Waals surface area contributed by atoms with E-state index < -0.39 is 6.04 Å². The quantitative estimate of drug-likeness (QED) is 0.742. The van der Waals surface area contributed by atoms with Crippen molar-refractivity contribution in [3.05, 3.63) is 65.8 Å². The van der Waals surface area contributed by atoms with Crippen molar-refractivity contribution in [2.45, 2.75) is 25.9 Å². The van der Waals surface area contributed by atoms with Gasteiger partial charge in [-0.2, -0.15) is 4.98 Å². The number of imidazole rings is 1. The molecular formula is C17H20N6O2. The lowest BCUT2D eigenvalue weighted by Gasteiger charge is -2.20. The third-order valence-corrected chi connectivity index (χ3v) is 3.79. The van der Waals surface area contributed by atoms with Crippen molar-refractivity contribution >= 4 is 6.03 Å². The third kappa shape index (κ3) is 3.85. The number of benzene rings is 1. The van der Waals surface area contributed by atoms with Gasteiger partial charge in [0.1, 0.15) is 17.9 Å². The SMILES string of the molecule is Cc1noc([C@H](C)NC(=O)N[C@@H](c2ccccc2)c2nccn2C)n1. The van der Waals surface area contributed by atoms with Crippen molar-refractivity contribution < 1.29 is 9.32 Å². The van der Waals surface area contributed by atoms with Gasteiger partial charge in [0.25, 0.3) is 0 Å². The zero-order valence-corrected chi connectivity index (χ0v) is 14.3. The summed E-state index contributed by atoms with van der Waals surface area (Å²) in [6, 6.07) is 8.55. The van der Waals surface area contributed by atoms with E-state index in [0.717, 1.165) is 11.4 Å². The van der Waals surface area contributed by atoms with E-state index in [4.69, 9.17) is 4.52 Å². The molecule has 0 unspecified atom stereocenters. The van der Waals surface area contributed by atoms with Crippen molar-refractivity contribution in [1.82, 2.24) is 30.3 Å². The number of aromatic nitrogens is 4. The Morgan fingerprint density at radius 3 is 2.60 bits per heavy atom. The highest BCUT2D eigenvalue weighted by molar-refractivity contribution is 5.75. The van der Waals surface area contributed by atoms with E-state index in [-0.39, 0.29) is 12.1 Å². The predicted octanol–water partition coefficient (Wildman–Crippen LogP) is 2.26. The Balaban J connectivity index is 1.76. The number of carbonyl (C=O) groups is 1. The average Bonchev–Trinajstić information content (AvgIpc) is 3.22. The van der Waals surface area contributed by atoms with E-state index in [9.17, 15) is 4.79 Å². The van der Waals surface area contributed by atoms with Crippen LogP contribution in [0.25, 0.3) is 0 Å². The fourth-order valence-corrected chi connectivity index (χ4v) is 2.52. The maximum Gasteiger partial charge on any atom is 0.316 e. The second kappa shape index (κ2) is 7.16. The molecule has 1 aromatic carbocycles. The Bertz CT molecular complexity index is 842. The summed E-state index contributed by atoms with van der Waals surface area (Å²) in [5.74, 6) is 1.63. The first-order valence-electron chi connectivity index (χ1n) is 7.94. The Morgan fingerprint density at radius 2 is 2.00 bits per heavy atom. The molecule has 2 N–H and O–H groups in total. The molecule has 0 bridgehead atoms. The molecule has 2 amide bonds. The summed E-state index contributed by atoms with van der Waals surface area (Å²) in [6.45, 7) is 3.51. The minimum Gasteiger partial charge on any atom is -0.337 e. The topological polar surface area (TPSA) is 97.9 Å². The molecule has 3 rings (SSSR count). The molecule has 8 nitrogen and oxygen atoms in total. The summed E-state index contributed by atoms with van der Waals surface area (Å²) in [6.07, 6.45) is 3.55. The van der Waals surface area contributed by atoms with Gasteiger partial charge in [0.2, 0.25) is 5.89 Å². The third-order valence-electron chi connectivity index (χ3n) is 3.79. The van der Waals surface area contributed by atoms with E-state index in [1.165, 1.54) is 0 Å². The number of nitrogens with one attached hydrogen (secondary N) is 2. The summed E-state index contributed by atoms with van der Waals surface area (Å²) in [5.41, 5.74) is 0.938. The number of hydrogen-bond acceptors (Lipinski definition) is 5. The van der Waals surface area contributed by atoms with Gasteiger partial charge in [-0.15, -0.1) is 0 Å². The molecule has 0 aliphatic heterocycles. The van der Waals surface area contributed by atoms with Crippen LogP contribution in [0.4, 0.5) is 4.79 Å². The minimum atomic E-state index is -0.404. The fourth-order valence-electron chi connectivity index (χ4n) is 2.52. The molecule has 8 heteroatoms. The number of amides is 2. The van der Waals surface area contributed by atoms with Crippen molar-refractivity contribution in [3.63, 3.8) is 0 Å². The minimum absolute atomic E-state index is 0.347. The first-order valence-corrected chi connectivity index (χ1v) is 7.94. The number of nitrogens with zero attached hydrogens (tertiary/aromatic N) is 4. The van der Waals surface area contributed by atoms with Gasteiger partial charge in [-0.05, 0) is 19.4 Å². The predicted molar refractivity (Wildman–Crippen MR) is 90.6 cm³/mol. The van der Waals surface area contributed by atoms with Crippen LogP contribution < -0.4 is 10.6 Å². The van der Waals surface area contributed by atoms with Crippen LogP contribution in [0.2, 0.25) is 0 Å². The van der Waals surface area contributed by atoms with Crippen LogP contribution in [-0.2, 0) is 7.05 Å². The molecule has 0 aliphatic rings. The Labute approximate surface area is 145 Å². The summed E-state index contributed by atoms with van der Waals surface area (Å²) < 4.78 is 6.97. The highest BCUT2D eigenvalue weighted by Crippen LogP contribution is 2.20. The second-order valence-corrected chi connectivity index (χ2v) is 5.76. The van der Waals surface area contributed by atoms with Gasteiger partial charge < -0.3 is 19.7 Å². The van der Waals surface area contributed by atoms with Crippen LogP contribution in [0.1, 0.15) is 42.1 Å². The monoisotopic (exact) mass is 340 g/mol. The summed E-state index contributed by atoms with van der Waals surface area (Å²) in [5, 5.41) is 9.50. The van der Waals surface area contributed by atoms with Crippen molar-refractivity contribution in [2.75, 3.05) is 0 Å². The molecule has 25 heavy (non-hydrogen) atoms. The lowest BCUT2D eigenvalue weighted by molar-refractivity contribution is 0.231. The van der Waals surface area contributed by atoms with Crippen molar-refractivity contribution in [3.8, 4) is 0 Å². The largest absolute Gasteiger partial charge is 0.337 e. The summed E-state index contributed by atoms with van der Waals surface area (Å²) in [7, 11) is 1.89. The van der Waals surface area contributed by atoms with Gasteiger partial charge >= 0.3 is 6.03 Å². The summed E-state index contributed by atoms with van der Waals surface area (Å²) in [4.78, 5) is 21.0. The summed E-state index contributed by atoms with van der Waals surface area (Å²) >= 11 is 0. The van der Waals surface area contributed by atoms with Gasteiger partial charge in [-0.3, -0.25) is 0 Å². The molecule has 130 valence electrons. The van der Waals surface area contributed by atoms with Crippen LogP contribution in [0.5, 0.6) is 0 Å². The maximum atomic E-state index is 12.5. The zero-order valence-electron chi connectivity index (χ0n) is 14.3. The molecule has 2 aromatic heterocycles. The number of rotatable bonds is 5. The number of urea groups is 1. The molecule has 2 heterocycles. The average molecular weight is 340 g/mol. The van der Waals surface area contributed by atoms with E-state index in [1.807, 2.05) is 48.1 Å². The Kier molecular flexibility index (Phi) is 4.78. The van der Waals surface area contributed by atoms with Gasteiger partial charge in [0.05, 0.1) is 0 Å². The van der Waals surface area contributed by atoms with Crippen LogP contribution in [0.3, 0.4) is 0 Å². The van der Waals surface area contributed by atoms with Gasteiger partial charge in [0.15, 0.2) is 5.82 Å². The van der Waals surface area contributed by atoms with E-state index in [2.05, 4.69) is 25.8 Å². The normalized spacial score (nSPS) is 13.2. The first kappa shape index (κ1) is 16.7. The second-order valence-electron chi connectivity index (χ2n) is 5.76. The molecule has 0 saturated heterocycles. The van der Waals surface area contributed by atoms with Gasteiger partial charge in [-0.25, -0.2) is 9.78 Å². The van der Waals surface area contributed by atoms with E-state index in [0.29, 0.717) is 11.7 Å². The van der Waals surface area contributed by atoms with Crippen LogP contribution in [-0.4, -0.2) is 25.7 Å². The molecular weight excluding hydrogens is 320 g/mol. The molecule has 0 fully saturated rings. The first-order chi connectivity index (χ1) is 12.0. The lowest BCUT2D eigenvalue weighted by atomic mass is 10.1.